The van der Waals surface area contributed by atoms with E-state index in [1.807, 2.05) is 56.6 Å². The fourth-order valence-corrected chi connectivity index (χ4v) is 4.71. The topological polar surface area (TPSA) is 45.7 Å². The smallest absolute Gasteiger partial charge is 0.260 e. The molecule has 1 aromatic heterocycles. The van der Waals surface area contributed by atoms with Crippen molar-refractivity contribution in [1.29, 1.82) is 0 Å². The SMILES string of the molecule is CCSc1ccc(C(=O)N(CCCN(C)C)c2nc3c(OC)cccc3s2)cc1.Cl. The number of amides is 1. The molecule has 3 aromatic rings. The quantitative estimate of drug-likeness (QED) is 0.394. The maximum absolute atomic E-state index is 13.4. The Morgan fingerprint density at radius 1 is 1.13 bits per heavy atom. The molecule has 0 aliphatic carbocycles. The number of anilines is 1. The Hall–Kier alpha value is -1.80. The average Bonchev–Trinajstić information content (AvgIpc) is 3.15. The van der Waals surface area contributed by atoms with Crippen LogP contribution in [0, 0.1) is 0 Å². The van der Waals surface area contributed by atoms with Crippen LogP contribution < -0.4 is 9.64 Å². The van der Waals surface area contributed by atoms with E-state index in [1.165, 1.54) is 16.2 Å². The van der Waals surface area contributed by atoms with Gasteiger partial charge in [-0.1, -0.05) is 24.3 Å². The van der Waals surface area contributed by atoms with Crippen LogP contribution in [0.3, 0.4) is 0 Å². The van der Waals surface area contributed by atoms with E-state index < -0.39 is 0 Å². The highest BCUT2D eigenvalue weighted by atomic mass is 35.5. The van der Waals surface area contributed by atoms with Crippen LogP contribution in [-0.4, -0.2) is 55.8 Å². The first-order valence-electron chi connectivity index (χ1n) is 9.66. The molecule has 0 atom stereocenters. The highest BCUT2D eigenvalue weighted by molar-refractivity contribution is 7.99. The predicted molar refractivity (Wildman–Crippen MR) is 131 cm³/mol. The summed E-state index contributed by atoms with van der Waals surface area (Å²) >= 11 is 3.29. The molecule has 0 N–H and O–H groups in total. The largest absolute Gasteiger partial charge is 0.494 e. The number of thioether (sulfide) groups is 1. The highest BCUT2D eigenvalue weighted by Crippen LogP contribution is 2.34. The highest BCUT2D eigenvalue weighted by Gasteiger charge is 2.22. The molecule has 0 spiro atoms. The number of rotatable bonds is 9. The van der Waals surface area contributed by atoms with Gasteiger partial charge in [0.2, 0.25) is 0 Å². The summed E-state index contributed by atoms with van der Waals surface area (Å²) in [6.45, 7) is 3.65. The second-order valence-electron chi connectivity index (χ2n) is 6.87. The summed E-state index contributed by atoms with van der Waals surface area (Å²) in [7, 11) is 5.72. The third kappa shape index (κ3) is 5.88. The van der Waals surface area contributed by atoms with Gasteiger partial charge in [-0.15, -0.1) is 24.2 Å². The zero-order chi connectivity index (χ0) is 20.8. The monoisotopic (exact) mass is 465 g/mol. The molecule has 5 nitrogen and oxygen atoms in total. The minimum atomic E-state index is -0.0187. The van der Waals surface area contributed by atoms with E-state index in [0.29, 0.717) is 17.2 Å². The number of para-hydroxylation sites is 1. The van der Waals surface area contributed by atoms with Crippen LogP contribution in [0.5, 0.6) is 5.75 Å². The van der Waals surface area contributed by atoms with Gasteiger partial charge in [0.1, 0.15) is 11.3 Å². The van der Waals surface area contributed by atoms with Gasteiger partial charge in [0.25, 0.3) is 5.91 Å². The molecule has 30 heavy (non-hydrogen) atoms. The van der Waals surface area contributed by atoms with Gasteiger partial charge < -0.3 is 9.64 Å². The third-order valence-electron chi connectivity index (χ3n) is 4.47. The van der Waals surface area contributed by atoms with Crippen molar-refractivity contribution in [1.82, 2.24) is 9.88 Å². The number of hydrogen-bond donors (Lipinski definition) is 0. The van der Waals surface area contributed by atoms with Crippen molar-refractivity contribution in [3.63, 3.8) is 0 Å². The van der Waals surface area contributed by atoms with Crippen molar-refractivity contribution in [2.45, 2.75) is 18.2 Å². The van der Waals surface area contributed by atoms with E-state index in [-0.39, 0.29) is 18.3 Å². The van der Waals surface area contributed by atoms with Crippen LogP contribution in [0.25, 0.3) is 10.2 Å². The Labute approximate surface area is 192 Å². The van der Waals surface area contributed by atoms with Crippen LogP contribution in [0.15, 0.2) is 47.4 Å². The normalized spacial score (nSPS) is 10.8. The summed E-state index contributed by atoms with van der Waals surface area (Å²) in [5, 5.41) is 0.709. The molecule has 0 aliphatic rings. The molecule has 0 saturated carbocycles. The van der Waals surface area contributed by atoms with Gasteiger partial charge in [0, 0.05) is 17.0 Å². The third-order valence-corrected chi connectivity index (χ3v) is 6.40. The van der Waals surface area contributed by atoms with Crippen molar-refractivity contribution in [3.05, 3.63) is 48.0 Å². The number of carbonyl (C=O) groups is 1. The number of ether oxygens (including phenoxy) is 1. The van der Waals surface area contributed by atoms with E-state index in [9.17, 15) is 4.79 Å². The fraction of sp³-hybridized carbons (Fsp3) is 0.364. The van der Waals surface area contributed by atoms with Crippen molar-refractivity contribution in [3.8, 4) is 5.75 Å². The molecule has 8 heteroatoms. The van der Waals surface area contributed by atoms with Crippen LogP contribution >= 0.6 is 35.5 Å². The second kappa shape index (κ2) is 11.6. The number of thiazole rings is 1. The summed E-state index contributed by atoms with van der Waals surface area (Å²) in [6, 6.07) is 13.7. The van der Waals surface area contributed by atoms with Gasteiger partial charge in [-0.05, 0) is 69.2 Å². The molecular weight excluding hydrogens is 438 g/mol. The molecule has 0 saturated heterocycles. The maximum atomic E-state index is 13.4. The van der Waals surface area contributed by atoms with E-state index in [1.54, 1.807) is 23.8 Å². The summed E-state index contributed by atoms with van der Waals surface area (Å²) in [5.74, 6) is 1.72. The van der Waals surface area contributed by atoms with Crippen molar-refractivity contribution in [2.24, 2.45) is 0 Å². The van der Waals surface area contributed by atoms with Gasteiger partial charge >= 0.3 is 0 Å². The Kier molecular flexibility index (Phi) is 9.42. The lowest BCUT2D eigenvalue weighted by Crippen LogP contribution is -2.33. The molecule has 1 amide bonds. The molecule has 0 bridgehead atoms. The number of benzene rings is 2. The van der Waals surface area contributed by atoms with Crippen molar-refractivity contribution in [2.75, 3.05) is 44.9 Å². The molecule has 0 aliphatic heterocycles. The van der Waals surface area contributed by atoms with Gasteiger partial charge in [-0.25, -0.2) is 4.98 Å². The first kappa shape index (κ1) is 24.5. The van der Waals surface area contributed by atoms with E-state index in [4.69, 9.17) is 9.72 Å². The van der Waals surface area contributed by atoms with E-state index in [0.717, 1.165) is 34.7 Å². The number of methoxy groups -OCH3 is 1. The number of halogens is 1. The first-order chi connectivity index (χ1) is 14.0. The second-order valence-corrected chi connectivity index (χ2v) is 9.22. The molecular formula is C22H28ClN3O2S2. The molecule has 0 fully saturated rings. The number of hydrogen-bond acceptors (Lipinski definition) is 6. The zero-order valence-electron chi connectivity index (χ0n) is 17.8. The van der Waals surface area contributed by atoms with E-state index in [2.05, 4.69) is 11.8 Å². The summed E-state index contributed by atoms with van der Waals surface area (Å²) in [5.41, 5.74) is 1.48. The Balaban J connectivity index is 0.00000320. The van der Waals surface area contributed by atoms with Gasteiger partial charge in [0.15, 0.2) is 5.13 Å². The Morgan fingerprint density at radius 3 is 2.50 bits per heavy atom. The lowest BCUT2D eigenvalue weighted by molar-refractivity contribution is 0.0986. The standard InChI is InChI=1S/C22H27N3O2S2.ClH/c1-5-28-17-12-10-16(11-13-17)21(26)25(15-7-14-24(2)3)22-23-20-18(27-4)8-6-9-19(20)29-22;/h6,8-13H,5,7,14-15H2,1-4H3;1H. The van der Waals surface area contributed by atoms with Gasteiger partial charge in [-0.3, -0.25) is 9.69 Å². The number of aromatic nitrogens is 1. The molecule has 2 aromatic carbocycles. The summed E-state index contributed by atoms with van der Waals surface area (Å²) in [4.78, 5) is 23.2. The minimum absolute atomic E-state index is 0. The predicted octanol–water partition coefficient (Wildman–Crippen LogP) is 5.44. The van der Waals surface area contributed by atoms with Gasteiger partial charge in [-0.2, -0.15) is 0 Å². The molecule has 162 valence electrons. The molecule has 1 heterocycles. The zero-order valence-corrected chi connectivity index (χ0v) is 20.2. The Morgan fingerprint density at radius 2 is 1.87 bits per heavy atom. The summed E-state index contributed by atoms with van der Waals surface area (Å²) < 4.78 is 6.46. The first-order valence-corrected chi connectivity index (χ1v) is 11.5. The average molecular weight is 466 g/mol. The van der Waals surface area contributed by atoms with Crippen LogP contribution in [0.4, 0.5) is 5.13 Å². The lowest BCUT2D eigenvalue weighted by Gasteiger charge is -2.21. The van der Waals surface area contributed by atoms with Crippen LogP contribution in [0.2, 0.25) is 0 Å². The van der Waals surface area contributed by atoms with E-state index >= 15 is 0 Å². The molecule has 3 rings (SSSR count). The number of carbonyl (C=O) groups excluding carboxylic acids is 1. The van der Waals surface area contributed by atoms with Crippen LogP contribution in [0.1, 0.15) is 23.7 Å². The Bertz CT molecular complexity index is 961. The lowest BCUT2D eigenvalue weighted by atomic mass is 10.2. The van der Waals surface area contributed by atoms with Gasteiger partial charge in [0.05, 0.1) is 11.8 Å². The minimum Gasteiger partial charge on any atom is -0.494 e. The van der Waals surface area contributed by atoms with Crippen molar-refractivity contribution < 1.29 is 9.53 Å². The molecule has 0 radical (unpaired) electrons. The number of fused-ring (bicyclic) bond motifs is 1. The summed E-state index contributed by atoms with van der Waals surface area (Å²) in [6.07, 6.45) is 0.871. The van der Waals surface area contributed by atoms with Crippen molar-refractivity contribution >= 4 is 56.8 Å². The number of nitrogens with zero attached hydrogens (tertiary/aromatic N) is 3. The maximum Gasteiger partial charge on any atom is 0.260 e. The van der Waals surface area contributed by atoms with Crippen LogP contribution in [-0.2, 0) is 0 Å². The molecule has 0 unspecified atom stereocenters. The fourth-order valence-electron chi connectivity index (χ4n) is 3.04.